The Kier molecular flexibility index (Phi) is 3.45. The fourth-order valence-corrected chi connectivity index (χ4v) is 2.11. The second-order valence-electron chi connectivity index (χ2n) is 4.15. The number of hydrogen-bond acceptors (Lipinski definition) is 1. The van der Waals surface area contributed by atoms with Crippen molar-refractivity contribution in [3.8, 4) is 0 Å². The van der Waals surface area contributed by atoms with E-state index in [1.807, 2.05) is 13.0 Å². The van der Waals surface area contributed by atoms with Gasteiger partial charge < -0.3 is 0 Å². The van der Waals surface area contributed by atoms with E-state index in [1.54, 1.807) is 0 Å². The van der Waals surface area contributed by atoms with Crippen molar-refractivity contribution in [3.63, 3.8) is 0 Å². The zero-order valence-corrected chi connectivity index (χ0v) is 10.5. The zero-order valence-electron chi connectivity index (χ0n) is 9.70. The fraction of sp³-hybridized carbons (Fsp3) is 0.357. The Hall–Kier alpha value is -1.08. The minimum absolute atomic E-state index is 0.213. The molecule has 1 atom stereocenters. The Morgan fingerprint density at radius 3 is 2.81 bits per heavy atom. The second kappa shape index (κ2) is 4.84. The number of rotatable bonds is 3. The minimum atomic E-state index is 0.213. The van der Waals surface area contributed by atoms with Crippen LogP contribution >= 0.6 is 11.6 Å². The van der Waals surface area contributed by atoms with Crippen molar-refractivity contribution < 1.29 is 0 Å². The quantitative estimate of drug-likeness (QED) is 0.728. The van der Waals surface area contributed by atoms with E-state index >= 15 is 0 Å². The average Bonchev–Trinajstić information content (AvgIpc) is 2.28. The van der Waals surface area contributed by atoms with Gasteiger partial charge in [-0.3, -0.25) is 4.98 Å². The Morgan fingerprint density at radius 2 is 2.06 bits per heavy atom. The number of benzene rings is 1. The molecule has 0 saturated heterocycles. The van der Waals surface area contributed by atoms with E-state index in [0.717, 1.165) is 24.1 Å². The maximum atomic E-state index is 6.23. The van der Waals surface area contributed by atoms with Crippen LogP contribution in [-0.4, -0.2) is 10.4 Å². The van der Waals surface area contributed by atoms with Gasteiger partial charge in [0.2, 0.25) is 0 Å². The van der Waals surface area contributed by atoms with Crippen molar-refractivity contribution >= 4 is 22.5 Å². The molecular weight excluding hydrogens is 218 g/mol. The summed E-state index contributed by atoms with van der Waals surface area (Å²) in [5, 5.41) is 1.44. The van der Waals surface area contributed by atoms with Crippen molar-refractivity contribution in [1.29, 1.82) is 0 Å². The van der Waals surface area contributed by atoms with Crippen LogP contribution < -0.4 is 0 Å². The predicted molar refractivity (Wildman–Crippen MR) is 70.1 cm³/mol. The number of aromatic nitrogens is 1. The number of hydrogen-bond donors (Lipinski definition) is 0. The van der Waals surface area contributed by atoms with E-state index in [9.17, 15) is 0 Å². The number of fused-ring (bicyclic) bond motifs is 1. The summed E-state index contributed by atoms with van der Waals surface area (Å²) in [6.45, 7) is 4.15. The molecule has 1 aromatic carbocycles. The van der Waals surface area contributed by atoms with Gasteiger partial charge in [-0.2, -0.15) is 0 Å². The summed E-state index contributed by atoms with van der Waals surface area (Å²) in [5.41, 5.74) is 3.44. The van der Waals surface area contributed by atoms with Gasteiger partial charge in [-0.1, -0.05) is 25.1 Å². The van der Waals surface area contributed by atoms with Crippen molar-refractivity contribution in [2.75, 3.05) is 0 Å². The van der Waals surface area contributed by atoms with Gasteiger partial charge in [0, 0.05) is 16.5 Å². The molecule has 0 N–H and O–H groups in total. The summed E-state index contributed by atoms with van der Waals surface area (Å²) in [5.74, 6) is 0. The van der Waals surface area contributed by atoms with E-state index in [4.69, 9.17) is 11.6 Å². The van der Waals surface area contributed by atoms with Crippen LogP contribution in [0.5, 0.6) is 0 Å². The lowest BCUT2D eigenvalue weighted by Crippen LogP contribution is -2.03. The summed E-state index contributed by atoms with van der Waals surface area (Å²) in [6.07, 6.45) is 1.92. The Labute approximate surface area is 101 Å². The number of pyridine rings is 1. The Balaban J connectivity index is 2.50. The summed E-state index contributed by atoms with van der Waals surface area (Å²) < 4.78 is 0. The smallest absolute Gasteiger partial charge is 0.0707 e. The molecule has 1 unspecified atom stereocenters. The molecule has 0 saturated carbocycles. The molecule has 16 heavy (non-hydrogen) atoms. The standard InChI is InChI=1S/C14H16ClN/c1-3-12(15)9-11-8-10(2)16-14-7-5-4-6-13(11)14/h4-8,12H,3,9H2,1-2H3. The second-order valence-corrected chi connectivity index (χ2v) is 4.77. The number of para-hydroxylation sites is 1. The third kappa shape index (κ3) is 2.35. The lowest BCUT2D eigenvalue weighted by molar-refractivity contribution is 0.808. The van der Waals surface area contributed by atoms with E-state index in [0.29, 0.717) is 0 Å². The normalized spacial score (nSPS) is 12.9. The molecule has 0 bridgehead atoms. The highest BCUT2D eigenvalue weighted by atomic mass is 35.5. The maximum Gasteiger partial charge on any atom is 0.0707 e. The van der Waals surface area contributed by atoms with Crippen molar-refractivity contribution in [1.82, 2.24) is 4.98 Å². The van der Waals surface area contributed by atoms with Crippen LogP contribution in [0.2, 0.25) is 0 Å². The molecule has 0 aliphatic heterocycles. The highest BCUT2D eigenvalue weighted by Crippen LogP contribution is 2.21. The van der Waals surface area contributed by atoms with E-state index in [1.165, 1.54) is 10.9 Å². The van der Waals surface area contributed by atoms with Crippen LogP contribution in [0.25, 0.3) is 10.9 Å². The van der Waals surface area contributed by atoms with Crippen LogP contribution in [0.4, 0.5) is 0 Å². The summed E-state index contributed by atoms with van der Waals surface area (Å²) in [4.78, 5) is 4.53. The van der Waals surface area contributed by atoms with Gasteiger partial charge in [-0.15, -0.1) is 11.6 Å². The highest BCUT2D eigenvalue weighted by molar-refractivity contribution is 6.20. The molecular formula is C14H16ClN. The van der Waals surface area contributed by atoms with Gasteiger partial charge in [0.05, 0.1) is 5.52 Å². The monoisotopic (exact) mass is 233 g/mol. The summed E-state index contributed by atoms with van der Waals surface area (Å²) in [6, 6.07) is 10.4. The van der Waals surface area contributed by atoms with Crippen LogP contribution in [0, 0.1) is 6.92 Å². The molecule has 0 radical (unpaired) electrons. The molecule has 1 aromatic heterocycles. The molecule has 0 aliphatic carbocycles. The largest absolute Gasteiger partial charge is 0.253 e. The topological polar surface area (TPSA) is 12.9 Å². The molecule has 1 nitrogen and oxygen atoms in total. The van der Waals surface area contributed by atoms with E-state index < -0.39 is 0 Å². The zero-order chi connectivity index (χ0) is 11.5. The van der Waals surface area contributed by atoms with Gasteiger partial charge in [0.15, 0.2) is 0 Å². The molecule has 0 aliphatic rings. The molecule has 0 fully saturated rings. The van der Waals surface area contributed by atoms with Crippen LogP contribution in [0.1, 0.15) is 24.6 Å². The molecule has 0 amide bonds. The Morgan fingerprint density at radius 1 is 1.31 bits per heavy atom. The van der Waals surface area contributed by atoms with Gasteiger partial charge in [0.1, 0.15) is 0 Å². The van der Waals surface area contributed by atoms with Crippen molar-refractivity contribution in [2.45, 2.75) is 32.1 Å². The highest BCUT2D eigenvalue weighted by Gasteiger charge is 2.08. The third-order valence-electron chi connectivity index (χ3n) is 2.81. The van der Waals surface area contributed by atoms with Gasteiger partial charge >= 0.3 is 0 Å². The number of aryl methyl sites for hydroxylation is 1. The van der Waals surface area contributed by atoms with Crippen LogP contribution in [0.15, 0.2) is 30.3 Å². The van der Waals surface area contributed by atoms with Gasteiger partial charge in [-0.25, -0.2) is 0 Å². The van der Waals surface area contributed by atoms with Crippen LogP contribution in [-0.2, 0) is 6.42 Å². The number of nitrogens with zero attached hydrogens (tertiary/aromatic N) is 1. The predicted octanol–water partition coefficient (Wildman–Crippen LogP) is 4.10. The molecule has 1 heterocycles. The van der Waals surface area contributed by atoms with Gasteiger partial charge in [-0.05, 0) is 37.5 Å². The first-order chi connectivity index (χ1) is 7.70. The molecule has 2 aromatic rings. The van der Waals surface area contributed by atoms with Crippen molar-refractivity contribution in [2.24, 2.45) is 0 Å². The van der Waals surface area contributed by atoms with Gasteiger partial charge in [0.25, 0.3) is 0 Å². The summed E-state index contributed by atoms with van der Waals surface area (Å²) >= 11 is 6.23. The summed E-state index contributed by atoms with van der Waals surface area (Å²) in [7, 11) is 0. The van der Waals surface area contributed by atoms with E-state index in [2.05, 4.69) is 36.2 Å². The average molecular weight is 234 g/mol. The lowest BCUT2D eigenvalue weighted by atomic mass is 10.0. The first-order valence-corrected chi connectivity index (χ1v) is 6.13. The minimum Gasteiger partial charge on any atom is -0.253 e. The first kappa shape index (κ1) is 11.4. The number of alkyl halides is 1. The SMILES string of the molecule is CCC(Cl)Cc1cc(C)nc2ccccc12. The van der Waals surface area contributed by atoms with Crippen molar-refractivity contribution in [3.05, 3.63) is 41.6 Å². The lowest BCUT2D eigenvalue weighted by Gasteiger charge is -2.10. The Bertz CT molecular complexity index is 493. The molecule has 84 valence electrons. The molecule has 2 heteroatoms. The van der Waals surface area contributed by atoms with Crippen LogP contribution in [0.3, 0.4) is 0 Å². The third-order valence-corrected chi connectivity index (χ3v) is 3.28. The van der Waals surface area contributed by atoms with E-state index in [-0.39, 0.29) is 5.38 Å². The molecule has 2 rings (SSSR count). The number of halogens is 1. The maximum absolute atomic E-state index is 6.23. The molecule has 0 spiro atoms. The first-order valence-electron chi connectivity index (χ1n) is 5.70. The fourth-order valence-electron chi connectivity index (χ4n) is 1.95.